The predicted molar refractivity (Wildman–Crippen MR) is 79.0 cm³/mol. The first-order valence-corrected chi connectivity index (χ1v) is 7.29. The molecule has 4 atom stereocenters. The van der Waals surface area contributed by atoms with Crippen molar-refractivity contribution in [2.45, 2.75) is 44.4 Å². The molecule has 1 aromatic rings. The van der Waals surface area contributed by atoms with E-state index in [1.807, 2.05) is 25.3 Å². The molecule has 1 fully saturated rings. The third-order valence-electron chi connectivity index (χ3n) is 4.25. The Morgan fingerprint density at radius 1 is 1.32 bits per heavy atom. The van der Waals surface area contributed by atoms with Gasteiger partial charge in [0.2, 0.25) is 0 Å². The van der Waals surface area contributed by atoms with Crippen LogP contribution in [-0.2, 0) is 4.74 Å². The highest BCUT2D eigenvalue weighted by Gasteiger charge is 2.27. The van der Waals surface area contributed by atoms with Crippen LogP contribution in [0.2, 0.25) is 0 Å². The smallest absolute Gasteiger partial charge is 0.0724 e. The minimum absolute atomic E-state index is 0.0936. The average Bonchev–Trinajstić information content (AvgIpc) is 2.92. The normalized spacial score (nSPS) is 26.3. The lowest BCUT2D eigenvalue weighted by Crippen LogP contribution is -2.40. The van der Waals surface area contributed by atoms with Crippen LogP contribution in [0, 0.1) is 5.92 Å². The maximum absolute atomic E-state index is 6.32. The standard InChI is InChI=1S/C16H26N2O/c1-12(16(17)13-7-4-3-5-8-13)11-18-14-9-6-10-15(14)19-2/h3-5,7-8,12,14-16,18H,6,9-11,17H2,1-2H3. The van der Waals surface area contributed by atoms with Crippen LogP contribution in [0.5, 0.6) is 0 Å². The molecule has 2 rings (SSSR count). The van der Waals surface area contributed by atoms with E-state index in [4.69, 9.17) is 10.5 Å². The van der Waals surface area contributed by atoms with Crippen molar-refractivity contribution >= 4 is 0 Å². The van der Waals surface area contributed by atoms with Crippen LogP contribution in [-0.4, -0.2) is 25.8 Å². The molecule has 0 heterocycles. The van der Waals surface area contributed by atoms with Crippen LogP contribution in [0.15, 0.2) is 30.3 Å². The molecule has 1 aliphatic carbocycles. The molecule has 0 aliphatic heterocycles. The van der Waals surface area contributed by atoms with Crippen LogP contribution in [0.3, 0.4) is 0 Å². The highest BCUT2D eigenvalue weighted by atomic mass is 16.5. The topological polar surface area (TPSA) is 47.3 Å². The van der Waals surface area contributed by atoms with E-state index in [0.29, 0.717) is 18.1 Å². The summed E-state index contributed by atoms with van der Waals surface area (Å²) in [5, 5.41) is 3.63. The van der Waals surface area contributed by atoms with Gasteiger partial charge in [0, 0.05) is 19.2 Å². The van der Waals surface area contributed by atoms with Crippen LogP contribution < -0.4 is 11.1 Å². The van der Waals surface area contributed by atoms with Gasteiger partial charge in [0.25, 0.3) is 0 Å². The van der Waals surface area contributed by atoms with Crippen LogP contribution >= 0.6 is 0 Å². The Bertz CT molecular complexity index is 368. The first-order chi connectivity index (χ1) is 9.22. The molecule has 0 amide bonds. The Morgan fingerprint density at radius 3 is 2.74 bits per heavy atom. The van der Waals surface area contributed by atoms with Gasteiger partial charge in [-0.2, -0.15) is 0 Å². The molecule has 3 N–H and O–H groups in total. The van der Waals surface area contributed by atoms with E-state index < -0.39 is 0 Å². The van der Waals surface area contributed by atoms with E-state index in [2.05, 4.69) is 24.4 Å². The zero-order valence-corrected chi connectivity index (χ0v) is 12.0. The summed E-state index contributed by atoms with van der Waals surface area (Å²) in [6.45, 7) is 3.15. The zero-order valence-electron chi connectivity index (χ0n) is 12.0. The van der Waals surface area contributed by atoms with Gasteiger partial charge in [-0.3, -0.25) is 0 Å². The number of rotatable bonds is 6. The lowest BCUT2D eigenvalue weighted by atomic mass is 9.95. The van der Waals surface area contributed by atoms with Gasteiger partial charge in [0.05, 0.1) is 6.10 Å². The van der Waals surface area contributed by atoms with Crippen molar-refractivity contribution < 1.29 is 4.74 Å². The number of hydrogen-bond acceptors (Lipinski definition) is 3. The summed E-state index contributed by atoms with van der Waals surface area (Å²) in [4.78, 5) is 0. The Hall–Kier alpha value is -0.900. The summed E-state index contributed by atoms with van der Waals surface area (Å²) in [6, 6.07) is 10.9. The van der Waals surface area contributed by atoms with Crippen LogP contribution in [0.25, 0.3) is 0 Å². The fourth-order valence-corrected chi connectivity index (χ4v) is 2.91. The van der Waals surface area contributed by atoms with Gasteiger partial charge >= 0.3 is 0 Å². The number of benzene rings is 1. The Balaban J connectivity index is 1.82. The predicted octanol–water partition coefficient (Wildman–Crippen LogP) is 2.48. The average molecular weight is 262 g/mol. The molecule has 19 heavy (non-hydrogen) atoms. The molecular weight excluding hydrogens is 236 g/mol. The van der Waals surface area contributed by atoms with Gasteiger partial charge in [-0.05, 0) is 37.3 Å². The second-order valence-electron chi connectivity index (χ2n) is 5.63. The van der Waals surface area contributed by atoms with Crippen molar-refractivity contribution in [1.82, 2.24) is 5.32 Å². The first kappa shape index (κ1) is 14.5. The lowest BCUT2D eigenvalue weighted by Gasteiger charge is -2.25. The summed E-state index contributed by atoms with van der Waals surface area (Å²) in [5.41, 5.74) is 7.53. The molecule has 4 unspecified atom stereocenters. The van der Waals surface area contributed by atoms with Gasteiger partial charge in [-0.15, -0.1) is 0 Å². The summed E-state index contributed by atoms with van der Waals surface area (Å²) >= 11 is 0. The summed E-state index contributed by atoms with van der Waals surface area (Å²) in [5.74, 6) is 0.417. The number of nitrogens with one attached hydrogen (secondary N) is 1. The number of nitrogens with two attached hydrogens (primary N) is 1. The molecule has 0 aromatic heterocycles. The van der Waals surface area contributed by atoms with Crippen molar-refractivity contribution in [3.05, 3.63) is 35.9 Å². The van der Waals surface area contributed by atoms with Gasteiger partial charge < -0.3 is 15.8 Å². The van der Waals surface area contributed by atoms with E-state index in [0.717, 1.165) is 6.54 Å². The fourth-order valence-electron chi connectivity index (χ4n) is 2.91. The molecule has 3 nitrogen and oxygen atoms in total. The molecule has 0 radical (unpaired) electrons. The summed E-state index contributed by atoms with van der Waals surface area (Å²) < 4.78 is 5.51. The molecule has 3 heteroatoms. The van der Waals surface area contributed by atoms with Crippen LogP contribution in [0.1, 0.15) is 37.8 Å². The maximum atomic E-state index is 6.32. The van der Waals surface area contributed by atoms with E-state index in [9.17, 15) is 0 Å². The van der Waals surface area contributed by atoms with Gasteiger partial charge in [0.15, 0.2) is 0 Å². The third kappa shape index (κ3) is 3.78. The summed E-state index contributed by atoms with van der Waals surface area (Å²) in [7, 11) is 1.81. The van der Waals surface area contributed by atoms with E-state index in [1.54, 1.807) is 0 Å². The quantitative estimate of drug-likeness (QED) is 0.828. The Labute approximate surface area is 116 Å². The van der Waals surface area contributed by atoms with Gasteiger partial charge in [0.1, 0.15) is 0 Å². The number of methoxy groups -OCH3 is 1. The highest BCUT2D eigenvalue weighted by molar-refractivity contribution is 5.19. The fraction of sp³-hybridized carbons (Fsp3) is 0.625. The summed E-state index contributed by atoms with van der Waals surface area (Å²) in [6.07, 6.45) is 4.02. The minimum atomic E-state index is 0.0936. The van der Waals surface area contributed by atoms with E-state index in [-0.39, 0.29) is 6.04 Å². The van der Waals surface area contributed by atoms with E-state index in [1.165, 1.54) is 24.8 Å². The molecular formula is C16H26N2O. The molecule has 1 aromatic carbocycles. The van der Waals surface area contributed by atoms with Crippen molar-refractivity contribution in [2.75, 3.05) is 13.7 Å². The molecule has 0 spiro atoms. The van der Waals surface area contributed by atoms with Gasteiger partial charge in [-0.25, -0.2) is 0 Å². The van der Waals surface area contributed by atoms with Crippen molar-refractivity contribution in [3.63, 3.8) is 0 Å². The van der Waals surface area contributed by atoms with Crippen LogP contribution in [0.4, 0.5) is 0 Å². The number of ether oxygens (including phenoxy) is 1. The molecule has 0 saturated heterocycles. The Morgan fingerprint density at radius 2 is 2.05 bits per heavy atom. The maximum Gasteiger partial charge on any atom is 0.0724 e. The molecule has 0 bridgehead atoms. The lowest BCUT2D eigenvalue weighted by molar-refractivity contribution is 0.0837. The molecule has 106 valence electrons. The Kier molecular flexibility index (Phi) is 5.37. The SMILES string of the molecule is COC1CCCC1NCC(C)C(N)c1ccccc1. The first-order valence-electron chi connectivity index (χ1n) is 7.29. The zero-order chi connectivity index (χ0) is 13.7. The van der Waals surface area contributed by atoms with Crippen molar-refractivity contribution in [3.8, 4) is 0 Å². The van der Waals surface area contributed by atoms with Crippen molar-refractivity contribution in [1.29, 1.82) is 0 Å². The molecule has 1 aliphatic rings. The van der Waals surface area contributed by atoms with Gasteiger partial charge in [-0.1, -0.05) is 37.3 Å². The third-order valence-corrected chi connectivity index (χ3v) is 4.25. The highest BCUT2D eigenvalue weighted by Crippen LogP contribution is 2.23. The second kappa shape index (κ2) is 7.04. The molecule has 1 saturated carbocycles. The van der Waals surface area contributed by atoms with E-state index >= 15 is 0 Å². The second-order valence-corrected chi connectivity index (χ2v) is 5.63. The van der Waals surface area contributed by atoms with Crippen molar-refractivity contribution in [2.24, 2.45) is 11.7 Å². The number of hydrogen-bond donors (Lipinski definition) is 2. The largest absolute Gasteiger partial charge is 0.380 e. The monoisotopic (exact) mass is 262 g/mol. The minimum Gasteiger partial charge on any atom is -0.380 e.